The fraction of sp³-hybridized carbons (Fsp3) is 0.229. The summed E-state index contributed by atoms with van der Waals surface area (Å²) in [6.07, 6.45) is 13.0. The molecule has 0 aromatic heterocycles. The second kappa shape index (κ2) is 14.1. The van der Waals surface area contributed by atoms with Crippen molar-refractivity contribution >= 4 is 51.8 Å². The standard InChI is InChI=1S/C48H51N2OSi/c1-10-26-49(5)34-20-23-41-46(30-34)52(8,9)47-31-35(50(6)27-11-2)21-24-42(47)48(41)44-29-33(19-25-45(44)51-7)32-18-22-40-36(12-3)38-16-14-15-17-39(38)37(13-4)43(40)28-32/h10-11,14-25,28-31H,1-2,12-13,26-27H2,3-9H3/q+1. The number of methoxy groups -OCH3 is 1. The van der Waals surface area contributed by atoms with E-state index in [1.165, 1.54) is 82.3 Å². The number of hydrogen-bond acceptors (Lipinski definition) is 2. The zero-order valence-corrected chi connectivity index (χ0v) is 32.9. The third-order valence-electron chi connectivity index (χ3n) is 11.3. The number of fused-ring (bicyclic) bond motifs is 4. The smallest absolute Gasteiger partial charge is 0.199 e. The van der Waals surface area contributed by atoms with E-state index in [0.717, 1.165) is 37.2 Å². The maximum atomic E-state index is 6.20. The maximum Gasteiger partial charge on any atom is 0.199 e. The van der Waals surface area contributed by atoms with Crippen molar-refractivity contribution < 1.29 is 9.31 Å². The van der Waals surface area contributed by atoms with E-state index in [2.05, 4.69) is 161 Å². The maximum absolute atomic E-state index is 6.20. The summed E-state index contributed by atoms with van der Waals surface area (Å²) in [6, 6.07) is 29.8. The molecule has 4 heteroatoms. The van der Waals surface area contributed by atoms with Gasteiger partial charge >= 0.3 is 0 Å². The Labute approximate surface area is 311 Å². The Morgan fingerprint density at radius 3 is 2.12 bits per heavy atom. The summed E-state index contributed by atoms with van der Waals surface area (Å²) >= 11 is 0. The van der Waals surface area contributed by atoms with Gasteiger partial charge in [0.15, 0.2) is 12.3 Å². The fourth-order valence-corrected chi connectivity index (χ4v) is 11.6. The highest BCUT2D eigenvalue weighted by molar-refractivity contribution is 6.98. The molecule has 0 radical (unpaired) electrons. The van der Waals surface area contributed by atoms with Crippen LogP contribution in [-0.2, 0) is 12.8 Å². The van der Waals surface area contributed by atoms with Crippen LogP contribution in [0.15, 0.2) is 133 Å². The van der Waals surface area contributed by atoms with E-state index in [-0.39, 0.29) is 0 Å². The first kappa shape index (κ1) is 35.2. The molecule has 0 bridgehead atoms. The van der Waals surface area contributed by atoms with Crippen LogP contribution in [0.25, 0.3) is 38.2 Å². The van der Waals surface area contributed by atoms with Gasteiger partial charge in [-0.2, -0.15) is 0 Å². The van der Waals surface area contributed by atoms with Crippen LogP contribution in [0.3, 0.4) is 0 Å². The lowest BCUT2D eigenvalue weighted by Gasteiger charge is -2.38. The molecule has 1 aliphatic heterocycles. The summed E-state index contributed by atoms with van der Waals surface area (Å²) in [4.78, 5) is 2.28. The molecule has 2 aliphatic rings. The molecule has 0 N–H and O–H groups in total. The molecule has 0 unspecified atom stereocenters. The predicted octanol–water partition coefficient (Wildman–Crippen LogP) is 10.5. The molecule has 5 aromatic carbocycles. The predicted molar refractivity (Wildman–Crippen MR) is 229 cm³/mol. The molecule has 262 valence electrons. The second-order valence-corrected chi connectivity index (χ2v) is 19.0. The fourth-order valence-electron chi connectivity index (χ4n) is 8.57. The van der Waals surface area contributed by atoms with E-state index >= 15 is 0 Å². The highest BCUT2D eigenvalue weighted by atomic mass is 28.3. The first-order chi connectivity index (χ1) is 25.2. The van der Waals surface area contributed by atoms with Crippen LogP contribution in [0.4, 0.5) is 5.69 Å². The van der Waals surface area contributed by atoms with Gasteiger partial charge in [-0.05, 0) is 126 Å². The van der Waals surface area contributed by atoms with Gasteiger partial charge in [-0.1, -0.05) is 88.1 Å². The van der Waals surface area contributed by atoms with Gasteiger partial charge in [0.1, 0.15) is 20.9 Å². The van der Waals surface area contributed by atoms with Gasteiger partial charge < -0.3 is 9.64 Å². The Balaban J connectivity index is 1.49. The number of nitrogens with zero attached hydrogens (tertiary/aromatic N) is 2. The summed E-state index contributed by atoms with van der Waals surface area (Å²) in [5.74, 6) is 0.882. The minimum absolute atomic E-state index is 0.793. The number of allylic oxidation sites excluding steroid dienone is 5. The summed E-state index contributed by atoms with van der Waals surface area (Å²) in [6.45, 7) is 19.1. The number of aryl methyl sites for hydroxylation is 2. The van der Waals surface area contributed by atoms with Gasteiger partial charge in [0.25, 0.3) is 0 Å². The second-order valence-electron chi connectivity index (χ2n) is 14.7. The number of hydrogen-bond donors (Lipinski definition) is 0. The zero-order chi connectivity index (χ0) is 36.7. The molecular formula is C48H51N2OSi+. The minimum atomic E-state index is -2.15. The summed E-state index contributed by atoms with van der Waals surface area (Å²) < 4.78 is 8.47. The first-order valence-corrected chi connectivity index (χ1v) is 21.6. The highest BCUT2D eigenvalue weighted by Gasteiger charge is 2.41. The van der Waals surface area contributed by atoms with Crippen molar-refractivity contribution in [2.75, 3.05) is 39.2 Å². The average molecular weight is 700 g/mol. The number of benzene rings is 5. The molecule has 0 spiro atoms. The lowest BCUT2D eigenvalue weighted by atomic mass is 9.86. The molecule has 0 saturated carbocycles. The zero-order valence-electron chi connectivity index (χ0n) is 31.9. The van der Waals surface area contributed by atoms with Crippen molar-refractivity contribution in [3.63, 3.8) is 0 Å². The van der Waals surface area contributed by atoms with Crippen LogP contribution in [0, 0.1) is 0 Å². The Morgan fingerprint density at radius 2 is 1.44 bits per heavy atom. The van der Waals surface area contributed by atoms with Crippen molar-refractivity contribution in [2.24, 2.45) is 0 Å². The number of likely N-dealkylation sites (N-methyl/N-ethyl adjacent to an activating group) is 2. The van der Waals surface area contributed by atoms with Gasteiger partial charge in [-0.25, -0.2) is 4.58 Å². The highest BCUT2D eigenvalue weighted by Crippen LogP contribution is 2.45. The molecule has 52 heavy (non-hydrogen) atoms. The topological polar surface area (TPSA) is 15.5 Å². The molecular weight excluding hydrogens is 649 g/mol. The van der Waals surface area contributed by atoms with Gasteiger partial charge in [0, 0.05) is 37.0 Å². The largest absolute Gasteiger partial charge is 0.496 e. The molecule has 7 rings (SSSR count). The number of anilines is 1. The van der Waals surface area contributed by atoms with E-state index in [9.17, 15) is 0 Å². The van der Waals surface area contributed by atoms with Crippen molar-refractivity contribution in [1.29, 1.82) is 0 Å². The van der Waals surface area contributed by atoms with Gasteiger partial charge in [-0.3, -0.25) is 0 Å². The van der Waals surface area contributed by atoms with Crippen molar-refractivity contribution in [1.82, 2.24) is 0 Å². The monoisotopic (exact) mass is 699 g/mol. The number of ether oxygens (including phenoxy) is 1. The van der Waals surface area contributed by atoms with Crippen molar-refractivity contribution in [3.05, 3.63) is 155 Å². The van der Waals surface area contributed by atoms with Crippen LogP contribution in [0.2, 0.25) is 13.1 Å². The lowest BCUT2D eigenvalue weighted by Crippen LogP contribution is -2.49. The minimum Gasteiger partial charge on any atom is -0.496 e. The summed E-state index contributed by atoms with van der Waals surface area (Å²) in [5.41, 5.74) is 12.6. The SMILES string of the molecule is C=CCN(C)c1ccc2c(c1)[Si](C)(C)C1=CC(=[N+](C)CC=C)C=CC1=C2c1cc(-c2ccc3c(CC)c4ccccc4c(CC)c3c2)ccc1OC. The average Bonchev–Trinajstić information content (AvgIpc) is 3.16. The van der Waals surface area contributed by atoms with Crippen LogP contribution >= 0.6 is 0 Å². The normalized spacial score (nSPS) is 15.6. The quantitative estimate of drug-likeness (QED) is 0.0624. The van der Waals surface area contributed by atoms with E-state index in [0.29, 0.717) is 0 Å². The third kappa shape index (κ3) is 5.80. The van der Waals surface area contributed by atoms with E-state index in [4.69, 9.17) is 4.74 Å². The third-order valence-corrected chi connectivity index (χ3v) is 14.9. The molecule has 3 nitrogen and oxygen atoms in total. The van der Waals surface area contributed by atoms with Gasteiger partial charge in [0.2, 0.25) is 0 Å². The van der Waals surface area contributed by atoms with Gasteiger partial charge in [-0.15, -0.1) is 6.58 Å². The van der Waals surface area contributed by atoms with Crippen LogP contribution in [-0.4, -0.2) is 52.7 Å². The molecule has 0 fully saturated rings. The van der Waals surface area contributed by atoms with E-state index in [1.54, 1.807) is 7.11 Å². The molecule has 0 amide bonds. The van der Waals surface area contributed by atoms with Crippen LogP contribution in [0.1, 0.15) is 36.1 Å². The molecule has 1 aliphatic carbocycles. The van der Waals surface area contributed by atoms with Crippen LogP contribution in [0.5, 0.6) is 5.75 Å². The molecule has 0 atom stereocenters. The van der Waals surface area contributed by atoms with Crippen molar-refractivity contribution in [2.45, 2.75) is 39.8 Å². The Kier molecular flexibility index (Phi) is 9.54. The molecule has 1 heterocycles. The van der Waals surface area contributed by atoms with Crippen LogP contribution < -0.4 is 14.8 Å². The van der Waals surface area contributed by atoms with E-state index in [1.807, 2.05) is 12.2 Å². The molecule has 5 aromatic rings. The van der Waals surface area contributed by atoms with Gasteiger partial charge in [0.05, 0.1) is 7.11 Å². The Hall–Kier alpha value is -5.19. The molecule has 0 saturated heterocycles. The first-order valence-electron chi connectivity index (χ1n) is 18.6. The Bertz CT molecular complexity index is 2400. The Morgan fingerprint density at radius 1 is 0.769 bits per heavy atom. The number of rotatable bonds is 10. The summed E-state index contributed by atoms with van der Waals surface area (Å²) in [7, 11) is 3.94. The van der Waals surface area contributed by atoms with E-state index < -0.39 is 8.07 Å². The van der Waals surface area contributed by atoms with Crippen molar-refractivity contribution in [3.8, 4) is 16.9 Å². The lowest BCUT2D eigenvalue weighted by molar-refractivity contribution is -0.484. The summed E-state index contributed by atoms with van der Waals surface area (Å²) in [5, 5.41) is 8.35.